The van der Waals surface area contributed by atoms with E-state index in [1.165, 1.54) is 12.8 Å². The van der Waals surface area contributed by atoms with Crippen molar-refractivity contribution in [1.29, 1.82) is 0 Å². The molecule has 0 spiro atoms. The molecule has 0 heterocycles. The Hall–Kier alpha value is -0.610. The van der Waals surface area contributed by atoms with Crippen LogP contribution in [0.1, 0.15) is 39.0 Å². The second-order valence-electron chi connectivity index (χ2n) is 6.26. The maximum Gasteiger partial charge on any atom is 0.308 e. The number of likely N-dealkylation sites (N-methyl/N-ethyl adjacent to an activating group) is 2. The number of carboxylic acids is 1. The molecule has 3 atom stereocenters. The number of aliphatic carboxylic acids is 1. The molecule has 4 heteroatoms. The average molecular weight is 270 g/mol. The van der Waals surface area contributed by atoms with E-state index in [0.29, 0.717) is 5.92 Å². The quantitative estimate of drug-likeness (QED) is 0.770. The SMILES string of the molecule is CCCC1CCC(C(=O)O)C(N(C)CCN(C)C)C1. The van der Waals surface area contributed by atoms with Gasteiger partial charge in [-0.3, -0.25) is 4.79 Å². The topological polar surface area (TPSA) is 43.8 Å². The van der Waals surface area contributed by atoms with E-state index >= 15 is 0 Å². The Morgan fingerprint density at radius 1 is 1.21 bits per heavy atom. The molecule has 19 heavy (non-hydrogen) atoms. The van der Waals surface area contributed by atoms with Crippen LogP contribution in [0.5, 0.6) is 0 Å². The van der Waals surface area contributed by atoms with E-state index in [9.17, 15) is 9.90 Å². The molecular weight excluding hydrogens is 240 g/mol. The van der Waals surface area contributed by atoms with Crippen LogP contribution in [0.25, 0.3) is 0 Å². The molecule has 3 unspecified atom stereocenters. The first-order valence-electron chi connectivity index (χ1n) is 7.53. The van der Waals surface area contributed by atoms with Gasteiger partial charge in [0.2, 0.25) is 0 Å². The summed E-state index contributed by atoms with van der Waals surface area (Å²) in [7, 11) is 6.20. The summed E-state index contributed by atoms with van der Waals surface area (Å²) in [6.07, 6.45) is 5.43. The van der Waals surface area contributed by atoms with Crippen LogP contribution in [0.4, 0.5) is 0 Å². The van der Waals surface area contributed by atoms with Crippen LogP contribution in [0.15, 0.2) is 0 Å². The summed E-state index contributed by atoms with van der Waals surface area (Å²) in [5.74, 6) is -0.0793. The Balaban J connectivity index is 2.62. The van der Waals surface area contributed by atoms with Crippen molar-refractivity contribution in [2.45, 2.75) is 45.1 Å². The van der Waals surface area contributed by atoms with Crippen LogP contribution in [0.2, 0.25) is 0 Å². The fourth-order valence-corrected chi connectivity index (χ4v) is 3.20. The fourth-order valence-electron chi connectivity index (χ4n) is 3.20. The number of rotatable bonds is 7. The van der Waals surface area contributed by atoms with Crippen molar-refractivity contribution in [3.05, 3.63) is 0 Å². The summed E-state index contributed by atoms with van der Waals surface area (Å²) in [5, 5.41) is 9.41. The number of carboxylic acid groups (broad SMARTS) is 1. The van der Waals surface area contributed by atoms with Crippen LogP contribution in [0.3, 0.4) is 0 Å². The third-order valence-corrected chi connectivity index (χ3v) is 4.41. The molecule has 0 amide bonds. The maximum atomic E-state index is 11.4. The first-order chi connectivity index (χ1) is 8.95. The molecule has 0 bridgehead atoms. The third kappa shape index (κ3) is 5.11. The molecule has 0 aromatic carbocycles. The first kappa shape index (κ1) is 16.4. The minimum Gasteiger partial charge on any atom is -0.481 e. The van der Waals surface area contributed by atoms with Gasteiger partial charge in [-0.2, -0.15) is 0 Å². The molecule has 1 fully saturated rings. The molecule has 1 N–H and O–H groups in total. The third-order valence-electron chi connectivity index (χ3n) is 4.41. The Kier molecular flexibility index (Phi) is 6.80. The lowest BCUT2D eigenvalue weighted by molar-refractivity contribution is -0.146. The monoisotopic (exact) mass is 270 g/mol. The Bertz CT molecular complexity index is 281. The van der Waals surface area contributed by atoms with Crippen molar-refractivity contribution in [2.75, 3.05) is 34.2 Å². The summed E-state index contributed by atoms with van der Waals surface area (Å²) < 4.78 is 0. The van der Waals surface area contributed by atoms with Gasteiger partial charge in [-0.15, -0.1) is 0 Å². The van der Waals surface area contributed by atoms with Gasteiger partial charge in [0.15, 0.2) is 0 Å². The zero-order chi connectivity index (χ0) is 14.4. The molecule has 1 aliphatic carbocycles. The standard InChI is InChI=1S/C15H30N2O2/c1-5-6-12-7-8-13(15(18)19)14(11-12)17(4)10-9-16(2)3/h12-14H,5-11H2,1-4H3,(H,18,19). The second-order valence-corrected chi connectivity index (χ2v) is 6.26. The highest BCUT2D eigenvalue weighted by Gasteiger charge is 2.36. The smallest absolute Gasteiger partial charge is 0.308 e. The van der Waals surface area contributed by atoms with E-state index in [0.717, 1.165) is 32.4 Å². The van der Waals surface area contributed by atoms with E-state index in [1.54, 1.807) is 0 Å². The zero-order valence-electron chi connectivity index (χ0n) is 12.9. The Morgan fingerprint density at radius 3 is 2.42 bits per heavy atom. The predicted octanol–water partition coefficient (Wildman–Crippen LogP) is 2.15. The van der Waals surface area contributed by atoms with E-state index in [4.69, 9.17) is 0 Å². The summed E-state index contributed by atoms with van der Waals surface area (Å²) in [5.41, 5.74) is 0. The van der Waals surface area contributed by atoms with Gasteiger partial charge in [-0.05, 0) is 46.3 Å². The van der Waals surface area contributed by atoms with Gasteiger partial charge >= 0.3 is 5.97 Å². The molecule has 1 saturated carbocycles. The van der Waals surface area contributed by atoms with Gasteiger partial charge in [0.25, 0.3) is 0 Å². The lowest BCUT2D eigenvalue weighted by Crippen LogP contribution is -2.47. The highest BCUT2D eigenvalue weighted by Crippen LogP contribution is 2.34. The molecule has 1 rings (SSSR count). The second kappa shape index (κ2) is 7.85. The highest BCUT2D eigenvalue weighted by atomic mass is 16.4. The number of hydrogen-bond donors (Lipinski definition) is 1. The fraction of sp³-hybridized carbons (Fsp3) is 0.933. The van der Waals surface area contributed by atoms with Crippen molar-refractivity contribution in [2.24, 2.45) is 11.8 Å². The van der Waals surface area contributed by atoms with Crippen LogP contribution in [-0.4, -0.2) is 61.2 Å². The summed E-state index contributed by atoms with van der Waals surface area (Å²) in [6, 6.07) is 0.211. The van der Waals surface area contributed by atoms with Gasteiger partial charge < -0.3 is 14.9 Å². The summed E-state index contributed by atoms with van der Waals surface area (Å²) in [6.45, 7) is 4.14. The van der Waals surface area contributed by atoms with Crippen LogP contribution >= 0.6 is 0 Å². The zero-order valence-corrected chi connectivity index (χ0v) is 12.9. The Morgan fingerprint density at radius 2 is 1.89 bits per heavy atom. The van der Waals surface area contributed by atoms with Crippen molar-refractivity contribution in [3.63, 3.8) is 0 Å². The molecule has 0 saturated heterocycles. The van der Waals surface area contributed by atoms with Gasteiger partial charge in [0, 0.05) is 19.1 Å². The lowest BCUT2D eigenvalue weighted by atomic mass is 9.76. The van der Waals surface area contributed by atoms with Crippen molar-refractivity contribution in [1.82, 2.24) is 9.80 Å². The molecule has 0 aromatic rings. The Labute approximate surface area is 117 Å². The summed E-state index contributed by atoms with van der Waals surface area (Å²) >= 11 is 0. The van der Waals surface area contributed by atoms with Crippen LogP contribution < -0.4 is 0 Å². The summed E-state index contributed by atoms with van der Waals surface area (Å²) in [4.78, 5) is 15.9. The first-order valence-corrected chi connectivity index (χ1v) is 7.53. The van der Waals surface area contributed by atoms with Crippen molar-refractivity contribution >= 4 is 5.97 Å². The average Bonchev–Trinajstić information content (AvgIpc) is 2.36. The van der Waals surface area contributed by atoms with E-state index < -0.39 is 5.97 Å². The molecule has 4 nitrogen and oxygen atoms in total. The normalized spacial score (nSPS) is 28.0. The van der Waals surface area contributed by atoms with E-state index in [2.05, 4.69) is 37.9 Å². The molecular formula is C15H30N2O2. The molecule has 1 aliphatic rings. The number of carbonyl (C=O) groups is 1. The molecule has 0 radical (unpaired) electrons. The van der Waals surface area contributed by atoms with Crippen LogP contribution in [-0.2, 0) is 4.79 Å². The largest absolute Gasteiger partial charge is 0.481 e. The van der Waals surface area contributed by atoms with Crippen molar-refractivity contribution < 1.29 is 9.90 Å². The van der Waals surface area contributed by atoms with Gasteiger partial charge in [0.1, 0.15) is 0 Å². The highest BCUT2D eigenvalue weighted by molar-refractivity contribution is 5.71. The minimum atomic E-state index is -0.614. The number of hydrogen-bond acceptors (Lipinski definition) is 3. The van der Waals surface area contributed by atoms with E-state index in [1.807, 2.05) is 0 Å². The lowest BCUT2D eigenvalue weighted by Gasteiger charge is -2.39. The van der Waals surface area contributed by atoms with Gasteiger partial charge in [0.05, 0.1) is 5.92 Å². The minimum absolute atomic E-state index is 0.180. The molecule has 0 aliphatic heterocycles. The predicted molar refractivity (Wildman–Crippen MR) is 78.3 cm³/mol. The van der Waals surface area contributed by atoms with Crippen LogP contribution in [0, 0.1) is 11.8 Å². The number of nitrogens with zero attached hydrogens (tertiary/aromatic N) is 2. The molecule has 112 valence electrons. The van der Waals surface area contributed by atoms with E-state index in [-0.39, 0.29) is 12.0 Å². The van der Waals surface area contributed by atoms with Gasteiger partial charge in [-0.25, -0.2) is 0 Å². The van der Waals surface area contributed by atoms with Crippen molar-refractivity contribution in [3.8, 4) is 0 Å². The maximum absolute atomic E-state index is 11.4. The molecule has 0 aromatic heterocycles. The van der Waals surface area contributed by atoms with Gasteiger partial charge in [-0.1, -0.05) is 19.8 Å².